The zero-order valence-corrected chi connectivity index (χ0v) is 13.5. The zero-order chi connectivity index (χ0) is 15.4. The molecule has 0 saturated heterocycles. The quantitative estimate of drug-likeness (QED) is 0.654. The minimum Gasteiger partial charge on any atom is -0.504 e. The van der Waals surface area contributed by atoms with E-state index >= 15 is 0 Å². The van der Waals surface area contributed by atoms with E-state index in [2.05, 4.69) is 36.4 Å². The number of nitrogens with zero attached hydrogens (tertiary/aromatic N) is 3. The molecule has 21 heavy (non-hydrogen) atoms. The van der Waals surface area contributed by atoms with Crippen LogP contribution in [0.15, 0.2) is 27.8 Å². The Hall–Kier alpha value is -2.15. The van der Waals surface area contributed by atoms with E-state index in [1.807, 2.05) is 19.9 Å². The van der Waals surface area contributed by atoms with Gasteiger partial charge in [0.25, 0.3) is 0 Å². The fourth-order valence-electron chi connectivity index (χ4n) is 1.82. The van der Waals surface area contributed by atoms with Crippen molar-refractivity contribution in [2.75, 3.05) is 12.5 Å². The second-order valence-corrected chi connectivity index (χ2v) is 5.25. The van der Waals surface area contributed by atoms with E-state index in [9.17, 15) is 5.11 Å². The van der Waals surface area contributed by atoms with Crippen molar-refractivity contribution in [3.05, 3.63) is 39.6 Å². The molecule has 2 aromatic rings. The number of ether oxygens (including phenoxy) is 1. The van der Waals surface area contributed by atoms with Gasteiger partial charge in [-0.3, -0.25) is 0 Å². The lowest BCUT2D eigenvalue weighted by atomic mass is 10.2. The van der Waals surface area contributed by atoms with Gasteiger partial charge in [-0.05, 0) is 53.5 Å². The van der Waals surface area contributed by atoms with E-state index in [0.29, 0.717) is 21.7 Å². The Morgan fingerprint density at radius 2 is 1.90 bits per heavy atom. The summed E-state index contributed by atoms with van der Waals surface area (Å²) in [6.45, 7) is 3.78. The predicted octanol–water partition coefficient (Wildman–Crippen LogP) is 3.02. The Morgan fingerprint density at radius 3 is 2.48 bits per heavy atom. The topological polar surface area (TPSA) is 79.6 Å². The largest absolute Gasteiger partial charge is 0.504 e. The van der Waals surface area contributed by atoms with Crippen LogP contribution in [0.25, 0.3) is 0 Å². The van der Waals surface area contributed by atoms with Crippen LogP contribution in [0.5, 0.6) is 11.5 Å². The van der Waals surface area contributed by atoms with Gasteiger partial charge < -0.3 is 9.84 Å². The molecule has 0 saturated carbocycles. The van der Waals surface area contributed by atoms with Crippen molar-refractivity contribution < 1.29 is 9.84 Å². The molecule has 6 nitrogen and oxygen atoms in total. The van der Waals surface area contributed by atoms with Crippen LogP contribution in [-0.2, 0) is 0 Å². The van der Waals surface area contributed by atoms with Gasteiger partial charge in [0, 0.05) is 11.4 Å². The molecule has 1 heterocycles. The molecule has 0 aliphatic carbocycles. The number of aryl methyl sites for hydroxylation is 2. The number of nitrogens with one attached hydrogen (secondary N) is 1. The maximum Gasteiger partial charge on any atom is 0.243 e. The monoisotopic (exact) mass is 350 g/mol. The summed E-state index contributed by atoms with van der Waals surface area (Å²) in [5, 5.41) is 13.9. The third kappa shape index (κ3) is 3.91. The first-order valence-electron chi connectivity index (χ1n) is 6.17. The van der Waals surface area contributed by atoms with Crippen LogP contribution in [0.1, 0.15) is 17.0 Å². The van der Waals surface area contributed by atoms with E-state index in [1.54, 1.807) is 18.3 Å². The van der Waals surface area contributed by atoms with Crippen molar-refractivity contribution in [3.63, 3.8) is 0 Å². The molecule has 0 amide bonds. The minimum absolute atomic E-state index is 0.0379. The van der Waals surface area contributed by atoms with E-state index in [1.165, 1.54) is 7.11 Å². The van der Waals surface area contributed by atoms with Gasteiger partial charge in [-0.25, -0.2) is 15.4 Å². The highest BCUT2D eigenvalue weighted by molar-refractivity contribution is 9.10. The lowest BCUT2D eigenvalue weighted by Crippen LogP contribution is -1.99. The molecular weight excluding hydrogens is 336 g/mol. The van der Waals surface area contributed by atoms with Crippen LogP contribution < -0.4 is 10.2 Å². The number of phenols is 1. The number of rotatable bonds is 4. The molecule has 0 aliphatic heterocycles. The van der Waals surface area contributed by atoms with Gasteiger partial charge in [0.05, 0.1) is 17.8 Å². The van der Waals surface area contributed by atoms with Gasteiger partial charge >= 0.3 is 0 Å². The molecule has 0 aliphatic rings. The SMILES string of the molecule is COc1c(O)cc(C=NNc2nc(C)cc(C)n2)cc1Br. The molecule has 0 bridgehead atoms. The Balaban J connectivity index is 2.14. The maximum atomic E-state index is 9.80. The highest BCUT2D eigenvalue weighted by Crippen LogP contribution is 2.34. The highest BCUT2D eigenvalue weighted by Gasteiger charge is 2.07. The molecule has 1 aromatic heterocycles. The van der Waals surface area contributed by atoms with Gasteiger partial charge in [0.2, 0.25) is 5.95 Å². The van der Waals surface area contributed by atoms with Crippen molar-refractivity contribution in [2.24, 2.45) is 5.10 Å². The molecule has 0 spiro atoms. The summed E-state index contributed by atoms with van der Waals surface area (Å²) in [6.07, 6.45) is 1.56. The first-order valence-corrected chi connectivity index (χ1v) is 6.96. The van der Waals surface area contributed by atoms with Gasteiger partial charge in [-0.15, -0.1) is 0 Å². The van der Waals surface area contributed by atoms with E-state index in [0.717, 1.165) is 11.4 Å². The molecule has 0 radical (unpaired) electrons. The highest BCUT2D eigenvalue weighted by atomic mass is 79.9. The summed E-state index contributed by atoms with van der Waals surface area (Å²) >= 11 is 3.32. The average molecular weight is 351 g/mol. The Labute approximate surface area is 131 Å². The summed E-state index contributed by atoms with van der Waals surface area (Å²) in [4.78, 5) is 8.43. The number of methoxy groups -OCH3 is 1. The maximum absolute atomic E-state index is 9.80. The van der Waals surface area contributed by atoms with Crippen LogP contribution >= 0.6 is 15.9 Å². The predicted molar refractivity (Wildman–Crippen MR) is 85.1 cm³/mol. The molecule has 0 atom stereocenters. The number of aromatic nitrogens is 2. The number of halogens is 1. The van der Waals surface area contributed by atoms with Crippen LogP contribution in [0.2, 0.25) is 0 Å². The first kappa shape index (κ1) is 15.2. The molecule has 2 N–H and O–H groups in total. The lowest BCUT2D eigenvalue weighted by molar-refractivity contribution is 0.371. The third-order valence-corrected chi connectivity index (χ3v) is 3.20. The second kappa shape index (κ2) is 6.53. The third-order valence-electron chi connectivity index (χ3n) is 2.61. The van der Waals surface area contributed by atoms with Gasteiger partial charge in [0.1, 0.15) is 0 Å². The fourth-order valence-corrected chi connectivity index (χ4v) is 2.45. The summed E-state index contributed by atoms with van der Waals surface area (Å²) in [6, 6.07) is 5.22. The van der Waals surface area contributed by atoms with Crippen molar-refractivity contribution in [3.8, 4) is 11.5 Å². The van der Waals surface area contributed by atoms with Crippen LogP contribution in [-0.4, -0.2) is 28.4 Å². The average Bonchev–Trinajstić information content (AvgIpc) is 2.37. The van der Waals surface area contributed by atoms with Gasteiger partial charge in [0.15, 0.2) is 11.5 Å². The summed E-state index contributed by atoms with van der Waals surface area (Å²) in [5.74, 6) is 0.856. The second-order valence-electron chi connectivity index (χ2n) is 4.40. The van der Waals surface area contributed by atoms with Gasteiger partial charge in [-0.2, -0.15) is 5.10 Å². The van der Waals surface area contributed by atoms with Crippen molar-refractivity contribution in [1.29, 1.82) is 0 Å². The number of hydrogen-bond acceptors (Lipinski definition) is 6. The summed E-state index contributed by atoms with van der Waals surface area (Å²) in [5.41, 5.74) is 5.20. The molecule has 0 fully saturated rings. The molecule has 0 unspecified atom stereocenters. The normalized spacial score (nSPS) is 10.9. The number of hydrogen-bond donors (Lipinski definition) is 2. The van der Waals surface area contributed by atoms with Crippen LogP contribution in [0.4, 0.5) is 5.95 Å². The summed E-state index contributed by atoms with van der Waals surface area (Å²) < 4.78 is 5.70. The smallest absolute Gasteiger partial charge is 0.243 e. The molecule has 1 aromatic carbocycles. The van der Waals surface area contributed by atoms with Crippen molar-refractivity contribution in [1.82, 2.24) is 9.97 Å². The lowest BCUT2D eigenvalue weighted by Gasteiger charge is -2.06. The van der Waals surface area contributed by atoms with E-state index in [4.69, 9.17) is 4.74 Å². The molecule has 110 valence electrons. The molecule has 2 rings (SSSR count). The van der Waals surface area contributed by atoms with E-state index < -0.39 is 0 Å². The number of benzene rings is 1. The number of aromatic hydroxyl groups is 1. The molecule has 7 heteroatoms. The Kier molecular flexibility index (Phi) is 4.74. The standard InChI is InChI=1S/C14H15BrN4O2/c1-8-4-9(2)18-14(17-8)19-16-7-10-5-11(15)13(21-3)12(20)6-10/h4-7,20H,1-3H3,(H,17,18,19). The molecular formula is C14H15BrN4O2. The van der Waals surface area contributed by atoms with Gasteiger partial charge in [-0.1, -0.05) is 0 Å². The van der Waals surface area contributed by atoms with Crippen LogP contribution in [0, 0.1) is 13.8 Å². The van der Waals surface area contributed by atoms with Crippen molar-refractivity contribution >= 4 is 28.1 Å². The minimum atomic E-state index is 0.0379. The van der Waals surface area contributed by atoms with E-state index in [-0.39, 0.29) is 5.75 Å². The number of anilines is 1. The number of hydrazone groups is 1. The first-order chi connectivity index (χ1) is 9.99. The zero-order valence-electron chi connectivity index (χ0n) is 11.9. The number of phenolic OH excluding ortho intramolecular Hbond substituents is 1. The summed E-state index contributed by atoms with van der Waals surface area (Å²) in [7, 11) is 1.49. The van der Waals surface area contributed by atoms with Crippen molar-refractivity contribution in [2.45, 2.75) is 13.8 Å². The Bertz CT molecular complexity index is 645. The van der Waals surface area contributed by atoms with Crippen LogP contribution in [0.3, 0.4) is 0 Å². The Morgan fingerprint density at radius 1 is 1.24 bits per heavy atom. The fraction of sp³-hybridized carbons (Fsp3) is 0.214.